The Morgan fingerprint density at radius 2 is 1.39 bits per heavy atom. The summed E-state index contributed by atoms with van der Waals surface area (Å²) in [5.41, 5.74) is 7.86. The maximum Gasteiger partial charge on any atom is 0.269 e. The molecule has 2 N–H and O–H groups in total. The number of hydrogen-bond acceptors (Lipinski definition) is 4. The number of hydrazine groups is 1. The Balaban J connectivity index is 1.27. The third kappa shape index (κ3) is 5.49. The van der Waals surface area contributed by atoms with Crippen molar-refractivity contribution in [3.63, 3.8) is 0 Å². The van der Waals surface area contributed by atoms with Gasteiger partial charge in [0.15, 0.2) is 0 Å². The second-order valence-corrected chi connectivity index (χ2v) is 7.32. The molecule has 0 bridgehead atoms. The van der Waals surface area contributed by atoms with Crippen molar-refractivity contribution >= 4 is 11.8 Å². The van der Waals surface area contributed by atoms with E-state index in [9.17, 15) is 9.59 Å². The molecule has 0 aromatic heterocycles. The Morgan fingerprint density at radius 3 is 1.97 bits per heavy atom. The van der Waals surface area contributed by atoms with Gasteiger partial charge in [-0.05, 0) is 60.4 Å². The minimum absolute atomic E-state index is 0.139. The van der Waals surface area contributed by atoms with E-state index in [1.807, 2.05) is 42.5 Å². The van der Waals surface area contributed by atoms with Gasteiger partial charge >= 0.3 is 0 Å². The van der Waals surface area contributed by atoms with Gasteiger partial charge in [0.2, 0.25) is 0 Å². The van der Waals surface area contributed by atoms with Crippen LogP contribution in [-0.4, -0.2) is 31.1 Å². The van der Waals surface area contributed by atoms with E-state index in [0.717, 1.165) is 30.6 Å². The lowest BCUT2D eigenvalue weighted by Crippen LogP contribution is -2.41. The lowest BCUT2D eigenvalue weighted by Gasteiger charge is -2.12. The lowest BCUT2D eigenvalue weighted by molar-refractivity contribution is 0.0679. The van der Waals surface area contributed by atoms with E-state index in [2.05, 4.69) is 10.9 Å². The quantitative estimate of drug-likeness (QED) is 0.596. The standard InChI is InChI=1S/C25H24N2O4/c28-24(20-10-8-19(9-11-20)18-5-2-1-3-6-18)26-27-25(29)21-12-14-22(15-13-21)31-17-23-7-4-16-30-23/h1-3,5-6,8-15,23H,4,7,16-17H2,(H,26,28)(H,27,29). The molecule has 3 aromatic carbocycles. The average molecular weight is 416 g/mol. The van der Waals surface area contributed by atoms with Crippen molar-refractivity contribution in [2.45, 2.75) is 18.9 Å². The van der Waals surface area contributed by atoms with Crippen LogP contribution in [0.3, 0.4) is 0 Å². The summed E-state index contributed by atoms with van der Waals surface area (Å²) in [6.07, 6.45) is 2.21. The first kappa shape index (κ1) is 20.6. The van der Waals surface area contributed by atoms with E-state index in [4.69, 9.17) is 9.47 Å². The second-order valence-electron chi connectivity index (χ2n) is 7.32. The predicted molar refractivity (Wildman–Crippen MR) is 118 cm³/mol. The molecule has 2 amide bonds. The van der Waals surface area contributed by atoms with Gasteiger partial charge in [-0.2, -0.15) is 0 Å². The van der Waals surface area contributed by atoms with Crippen LogP contribution in [0.5, 0.6) is 5.75 Å². The van der Waals surface area contributed by atoms with Crippen LogP contribution < -0.4 is 15.6 Å². The molecule has 1 fully saturated rings. The lowest BCUT2D eigenvalue weighted by atomic mass is 10.0. The zero-order valence-corrected chi connectivity index (χ0v) is 17.0. The SMILES string of the molecule is O=C(NNC(=O)c1ccc(-c2ccccc2)cc1)c1ccc(OCC2CCCO2)cc1. The number of rotatable bonds is 6. The summed E-state index contributed by atoms with van der Waals surface area (Å²) >= 11 is 0. The smallest absolute Gasteiger partial charge is 0.269 e. The maximum absolute atomic E-state index is 12.3. The van der Waals surface area contributed by atoms with Crippen molar-refractivity contribution < 1.29 is 19.1 Å². The van der Waals surface area contributed by atoms with Crippen LogP contribution in [-0.2, 0) is 4.74 Å². The van der Waals surface area contributed by atoms with Crippen LogP contribution in [0.2, 0.25) is 0 Å². The molecule has 0 spiro atoms. The van der Waals surface area contributed by atoms with Gasteiger partial charge in [-0.3, -0.25) is 20.4 Å². The van der Waals surface area contributed by atoms with Gasteiger partial charge in [-0.25, -0.2) is 0 Å². The van der Waals surface area contributed by atoms with Gasteiger partial charge in [-0.1, -0.05) is 42.5 Å². The largest absolute Gasteiger partial charge is 0.491 e. The Morgan fingerprint density at radius 1 is 0.806 bits per heavy atom. The fourth-order valence-electron chi connectivity index (χ4n) is 3.37. The van der Waals surface area contributed by atoms with Crippen molar-refractivity contribution in [3.05, 3.63) is 90.0 Å². The summed E-state index contributed by atoms with van der Waals surface area (Å²) in [4.78, 5) is 24.6. The number of benzene rings is 3. The molecule has 0 radical (unpaired) electrons. The van der Waals surface area contributed by atoms with Crippen LogP contribution in [0.25, 0.3) is 11.1 Å². The Bertz CT molecular complexity index is 1010. The summed E-state index contributed by atoms with van der Waals surface area (Å²) in [5, 5.41) is 0. The highest BCUT2D eigenvalue weighted by Crippen LogP contribution is 2.19. The van der Waals surface area contributed by atoms with E-state index in [-0.39, 0.29) is 12.0 Å². The molecule has 1 atom stereocenters. The number of nitrogens with one attached hydrogen (secondary N) is 2. The maximum atomic E-state index is 12.3. The topological polar surface area (TPSA) is 76.7 Å². The Hall–Kier alpha value is -3.64. The monoisotopic (exact) mass is 416 g/mol. The van der Waals surface area contributed by atoms with Gasteiger partial charge in [0.1, 0.15) is 12.4 Å². The minimum atomic E-state index is -0.403. The van der Waals surface area contributed by atoms with E-state index in [0.29, 0.717) is 23.5 Å². The van der Waals surface area contributed by atoms with Crippen LogP contribution in [0.1, 0.15) is 33.6 Å². The first-order chi connectivity index (χ1) is 15.2. The molecule has 1 aliphatic rings. The van der Waals surface area contributed by atoms with Crippen LogP contribution in [0.4, 0.5) is 0 Å². The first-order valence-corrected chi connectivity index (χ1v) is 10.3. The molecule has 0 aliphatic carbocycles. The van der Waals surface area contributed by atoms with Crippen molar-refractivity contribution in [1.82, 2.24) is 10.9 Å². The van der Waals surface area contributed by atoms with Crippen molar-refractivity contribution in [3.8, 4) is 16.9 Å². The van der Waals surface area contributed by atoms with Gasteiger partial charge in [0.25, 0.3) is 11.8 Å². The van der Waals surface area contributed by atoms with Crippen molar-refractivity contribution in [2.24, 2.45) is 0 Å². The van der Waals surface area contributed by atoms with Crippen LogP contribution >= 0.6 is 0 Å². The summed E-state index contributed by atoms with van der Waals surface area (Å²) in [5.74, 6) is -0.112. The molecule has 1 unspecified atom stereocenters. The first-order valence-electron chi connectivity index (χ1n) is 10.3. The van der Waals surface area contributed by atoms with E-state index in [1.54, 1.807) is 36.4 Å². The highest BCUT2D eigenvalue weighted by molar-refractivity contribution is 5.99. The second kappa shape index (κ2) is 9.91. The number of hydrogen-bond donors (Lipinski definition) is 2. The van der Waals surface area contributed by atoms with E-state index >= 15 is 0 Å². The van der Waals surface area contributed by atoms with Gasteiger partial charge in [0.05, 0.1) is 6.10 Å². The molecular weight excluding hydrogens is 392 g/mol. The Labute approximate surface area is 181 Å². The third-order valence-corrected chi connectivity index (χ3v) is 5.12. The summed E-state index contributed by atoms with van der Waals surface area (Å²) < 4.78 is 11.2. The van der Waals surface area contributed by atoms with Crippen molar-refractivity contribution in [2.75, 3.05) is 13.2 Å². The fraction of sp³-hybridized carbons (Fsp3) is 0.200. The molecule has 1 aliphatic heterocycles. The molecule has 1 heterocycles. The number of carbonyl (C=O) groups is 2. The van der Waals surface area contributed by atoms with Crippen molar-refractivity contribution in [1.29, 1.82) is 0 Å². The number of ether oxygens (including phenoxy) is 2. The zero-order valence-electron chi connectivity index (χ0n) is 17.0. The van der Waals surface area contributed by atoms with Crippen LogP contribution in [0, 0.1) is 0 Å². The van der Waals surface area contributed by atoms with E-state index < -0.39 is 5.91 Å². The summed E-state index contributed by atoms with van der Waals surface area (Å²) in [7, 11) is 0. The molecule has 158 valence electrons. The van der Waals surface area contributed by atoms with Crippen LogP contribution in [0.15, 0.2) is 78.9 Å². The van der Waals surface area contributed by atoms with Gasteiger partial charge in [0, 0.05) is 17.7 Å². The van der Waals surface area contributed by atoms with Gasteiger partial charge < -0.3 is 9.47 Å². The fourth-order valence-corrected chi connectivity index (χ4v) is 3.37. The molecule has 3 aromatic rings. The highest BCUT2D eigenvalue weighted by Gasteiger charge is 2.16. The third-order valence-electron chi connectivity index (χ3n) is 5.12. The minimum Gasteiger partial charge on any atom is -0.491 e. The zero-order chi connectivity index (χ0) is 21.5. The highest BCUT2D eigenvalue weighted by atomic mass is 16.5. The molecule has 4 rings (SSSR count). The molecular formula is C25H24N2O4. The molecule has 1 saturated heterocycles. The predicted octanol–water partition coefficient (Wildman–Crippen LogP) is 3.99. The normalized spacial score (nSPS) is 15.3. The number of carbonyl (C=O) groups excluding carboxylic acids is 2. The van der Waals surface area contributed by atoms with E-state index in [1.165, 1.54) is 0 Å². The van der Waals surface area contributed by atoms with Gasteiger partial charge in [-0.15, -0.1) is 0 Å². The summed E-state index contributed by atoms with van der Waals surface area (Å²) in [6, 6.07) is 23.9. The molecule has 0 saturated carbocycles. The molecule has 31 heavy (non-hydrogen) atoms. The molecule has 6 nitrogen and oxygen atoms in total. The molecule has 6 heteroatoms. The number of amides is 2. The Kier molecular flexibility index (Phi) is 6.59. The summed E-state index contributed by atoms with van der Waals surface area (Å²) in [6.45, 7) is 1.29. The average Bonchev–Trinajstić information content (AvgIpc) is 3.36.